The molecule has 0 atom stereocenters. The van der Waals surface area contributed by atoms with Crippen LogP contribution in [0.5, 0.6) is 5.75 Å². The molecule has 0 spiro atoms. The Balaban J connectivity index is 1.73. The fourth-order valence-electron chi connectivity index (χ4n) is 3.02. The Hall–Kier alpha value is -3.25. The van der Waals surface area contributed by atoms with Crippen molar-refractivity contribution < 1.29 is 9.53 Å². The van der Waals surface area contributed by atoms with E-state index in [-0.39, 0.29) is 5.91 Å². The summed E-state index contributed by atoms with van der Waals surface area (Å²) in [6.07, 6.45) is 3.50. The molecular formula is C23H21N3O2S. The second kappa shape index (κ2) is 8.41. The highest BCUT2D eigenvalue weighted by Crippen LogP contribution is 2.33. The summed E-state index contributed by atoms with van der Waals surface area (Å²) < 4.78 is 6.58. The molecule has 0 aliphatic carbocycles. The van der Waals surface area contributed by atoms with Crippen LogP contribution in [-0.4, -0.2) is 22.5 Å². The summed E-state index contributed by atoms with van der Waals surface area (Å²) in [4.78, 5) is 24.0. The van der Waals surface area contributed by atoms with Crippen molar-refractivity contribution in [1.29, 1.82) is 0 Å². The van der Waals surface area contributed by atoms with Crippen LogP contribution in [0.15, 0.2) is 67.0 Å². The molecule has 0 unspecified atom stereocenters. The van der Waals surface area contributed by atoms with E-state index in [1.54, 1.807) is 17.3 Å². The van der Waals surface area contributed by atoms with E-state index < -0.39 is 0 Å². The van der Waals surface area contributed by atoms with Gasteiger partial charge in [-0.25, -0.2) is 4.98 Å². The average Bonchev–Trinajstić information content (AvgIpc) is 3.16. The number of hydrogen-bond donors (Lipinski definition) is 0. The normalized spacial score (nSPS) is 10.8. The lowest BCUT2D eigenvalue weighted by atomic mass is 10.1. The van der Waals surface area contributed by atoms with Crippen LogP contribution in [0.1, 0.15) is 28.4 Å². The molecule has 0 saturated heterocycles. The molecule has 0 aliphatic rings. The number of aromatic nitrogens is 2. The fourth-order valence-corrected chi connectivity index (χ4v) is 4.01. The third kappa shape index (κ3) is 4.27. The van der Waals surface area contributed by atoms with Gasteiger partial charge in [-0.05, 0) is 55.8 Å². The van der Waals surface area contributed by atoms with Crippen molar-refractivity contribution in [1.82, 2.24) is 9.97 Å². The first-order valence-corrected chi connectivity index (χ1v) is 10.3. The van der Waals surface area contributed by atoms with Gasteiger partial charge in [-0.1, -0.05) is 35.1 Å². The molecule has 1 amide bonds. The number of pyridine rings is 1. The van der Waals surface area contributed by atoms with Gasteiger partial charge in [0, 0.05) is 18.0 Å². The number of ether oxygens (including phenoxy) is 1. The Labute approximate surface area is 173 Å². The maximum atomic E-state index is 13.4. The van der Waals surface area contributed by atoms with E-state index in [1.165, 1.54) is 11.3 Å². The average molecular weight is 404 g/mol. The number of anilines is 1. The van der Waals surface area contributed by atoms with Crippen molar-refractivity contribution in [3.05, 3.63) is 83.7 Å². The minimum absolute atomic E-state index is 0.0852. The molecule has 5 nitrogen and oxygen atoms in total. The number of carbonyl (C=O) groups excluding carboxylic acids is 1. The fraction of sp³-hybridized carbons (Fsp3) is 0.174. The van der Waals surface area contributed by atoms with Gasteiger partial charge in [0.1, 0.15) is 5.75 Å². The minimum Gasteiger partial charge on any atom is -0.494 e. The van der Waals surface area contributed by atoms with Crippen LogP contribution in [0.4, 0.5) is 5.13 Å². The first-order chi connectivity index (χ1) is 14.1. The molecule has 2 aromatic heterocycles. The van der Waals surface area contributed by atoms with Gasteiger partial charge in [0.25, 0.3) is 5.91 Å². The van der Waals surface area contributed by atoms with Gasteiger partial charge in [0.2, 0.25) is 0 Å². The smallest absolute Gasteiger partial charge is 0.260 e. The molecular weight excluding hydrogens is 382 g/mol. The summed E-state index contributed by atoms with van der Waals surface area (Å²) in [6, 6.07) is 17.2. The monoisotopic (exact) mass is 403 g/mol. The number of rotatable bonds is 6. The standard InChI is InChI=1S/C23H21N3O2S/c1-3-28-19-10-11-20-21(13-19)29-23(25-20)26(15-17-5-4-12-24-14-17)22(27)18-8-6-16(2)7-9-18/h4-14H,3,15H2,1-2H3. The van der Waals surface area contributed by atoms with Crippen molar-refractivity contribution in [3.63, 3.8) is 0 Å². The van der Waals surface area contributed by atoms with Crippen LogP contribution in [0, 0.1) is 6.92 Å². The predicted octanol–water partition coefficient (Wildman–Crippen LogP) is 5.25. The second-order valence-electron chi connectivity index (χ2n) is 6.68. The molecule has 146 valence electrons. The minimum atomic E-state index is -0.0852. The van der Waals surface area contributed by atoms with Crippen LogP contribution in [0.3, 0.4) is 0 Å². The topological polar surface area (TPSA) is 55.3 Å². The van der Waals surface area contributed by atoms with E-state index in [4.69, 9.17) is 9.72 Å². The summed E-state index contributed by atoms with van der Waals surface area (Å²) in [5.41, 5.74) is 3.54. The van der Waals surface area contributed by atoms with Gasteiger partial charge < -0.3 is 4.74 Å². The number of aryl methyl sites for hydroxylation is 1. The van der Waals surface area contributed by atoms with Crippen LogP contribution in [0.25, 0.3) is 10.2 Å². The highest BCUT2D eigenvalue weighted by Gasteiger charge is 2.22. The number of carbonyl (C=O) groups is 1. The molecule has 0 saturated carbocycles. The summed E-state index contributed by atoms with van der Waals surface area (Å²) >= 11 is 1.48. The van der Waals surface area contributed by atoms with Gasteiger partial charge >= 0.3 is 0 Å². The molecule has 6 heteroatoms. The van der Waals surface area contributed by atoms with E-state index in [1.807, 2.05) is 68.4 Å². The maximum Gasteiger partial charge on any atom is 0.260 e. The Morgan fingerprint density at radius 1 is 1.14 bits per heavy atom. The first-order valence-electron chi connectivity index (χ1n) is 9.45. The Bertz CT molecular complexity index is 1120. The van der Waals surface area contributed by atoms with Crippen LogP contribution >= 0.6 is 11.3 Å². The molecule has 29 heavy (non-hydrogen) atoms. The molecule has 2 heterocycles. The molecule has 0 radical (unpaired) electrons. The lowest BCUT2D eigenvalue weighted by Crippen LogP contribution is -2.30. The predicted molar refractivity (Wildman–Crippen MR) is 117 cm³/mol. The molecule has 4 aromatic rings. The summed E-state index contributed by atoms with van der Waals surface area (Å²) in [5, 5.41) is 0.656. The molecule has 0 fully saturated rings. The number of fused-ring (bicyclic) bond motifs is 1. The van der Waals surface area contributed by atoms with Crippen molar-refractivity contribution >= 4 is 32.6 Å². The zero-order chi connectivity index (χ0) is 20.2. The number of amides is 1. The summed E-state index contributed by atoms with van der Waals surface area (Å²) in [7, 11) is 0. The largest absolute Gasteiger partial charge is 0.494 e. The van der Waals surface area contributed by atoms with Crippen molar-refractivity contribution in [2.45, 2.75) is 20.4 Å². The Morgan fingerprint density at radius 2 is 1.97 bits per heavy atom. The number of nitrogens with zero attached hydrogens (tertiary/aromatic N) is 3. The van der Waals surface area contributed by atoms with Gasteiger partial charge in [0.15, 0.2) is 5.13 Å². The van der Waals surface area contributed by atoms with Crippen LogP contribution in [0.2, 0.25) is 0 Å². The van der Waals surface area contributed by atoms with Crippen LogP contribution < -0.4 is 9.64 Å². The van der Waals surface area contributed by atoms with Crippen LogP contribution in [-0.2, 0) is 6.54 Å². The zero-order valence-corrected chi connectivity index (χ0v) is 17.1. The van der Waals surface area contributed by atoms with Crippen molar-refractivity contribution in [3.8, 4) is 5.75 Å². The SMILES string of the molecule is CCOc1ccc2nc(N(Cc3cccnc3)C(=O)c3ccc(C)cc3)sc2c1. The van der Waals surface area contributed by atoms with Gasteiger partial charge in [-0.3, -0.25) is 14.7 Å². The van der Waals surface area contributed by atoms with Gasteiger partial charge in [-0.2, -0.15) is 0 Å². The summed E-state index contributed by atoms with van der Waals surface area (Å²) in [6.45, 7) is 4.97. The summed E-state index contributed by atoms with van der Waals surface area (Å²) in [5.74, 6) is 0.719. The lowest BCUT2D eigenvalue weighted by Gasteiger charge is -2.20. The molecule has 0 aliphatic heterocycles. The van der Waals surface area contributed by atoms with E-state index in [9.17, 15) is 4.79 Å². The quantitative estimate of drug-likeness (QED) is 0.441. The van der Waals surface area contributed by atoms with Crippen molar-refractivity contribution in [2.24, 2.45) is 0 Å². The van der Waals surface area contributed by atoms with Gasteiger partial charge in [0.05, 0.1) is 23.4 Å². The van der Waals surface area contributed by atoms with E-state index in [0.29, 0.717) is 23.8 Å². The molecule has 0 bridgehead atoms. The van der Waals surface area contributed by atoms with Gasteiger partial charge in [-0.15, -0.1) is 0 Å². The van der Waals surface area contributed by atoms with E-state index >= 15 is 0 Å². The maximum absolute atomic E-state index is 13.4. The first kappa shape index (κ1) is 19.1. The molecule has 0 N–H and O–H groups in total. The second-order valence-corrected chi connectivity index (χ2v) is 7.69. The highest BCUT2D eigenvalue weighted by molar-refractivity contribution is 7.22. The van der Waals surface area contributed by atoms with E-state index in [0.717, 1.165) is 27.1 Å². The zero-order valence-electron chi connectivity index (χ0n) is 16.3. The molecule has 2 aromatic carbocycles. The third-order valence-electron chi connectivity index (χ3n) is 4.50. The lowest BCUT2D eigenvalue weighted by molar-refractivity contribution is 0.0985. The van der Waals surface area contributed by atoms with E-state index in [2.05, 4.69) is 4.98 Å². The Morgan fingerprint density at radius 3 is 2.69 bits per heavy atom. The number of hydrogen-bond acceptors (Lipinski definition) is 5. The third-order valence-corrected chi connectivity index (χ3v) is 5.54. The van der Waals surface area contributed by atoms with Crippen molar-refractivity contribution in [2.75, 3.05) is 11.5 Å². The molecule has 4 rings (SSSR count). The highest BCUT2D eigenvalue weighted by atomic mass is 32.1. The number of benzene rings is 2. The number of thiazole rings is 1. The Kier molecular flexibility index (Phi) is 5.53.